The van der Waals surface area contributed by atoms with Gasteiger partial charge in [0.25, 0.3) is 18.3 Å². The predicted octanol–water partition coefficient (Wildman–Crippen LogP) is 3.69. The number of hydrogen-bond donors (Lipinski definition) is 3. The molecule has 38 heavy (non-hydrogen) atoms. The number of rotatable bonds is 7. The largest absolute Gasteiger partial charge is 0.485 e. The summed E-state index contributed by atoms with van der Waals surface area (Å²) in [6.07, 6.45) is -3.06. The molecule has 0 bridgehead atoms. The highest BCUT2D eigenvalue weighted by Gasteiger charge is 2.54. The third-order valence-electron chi connectivity index (χ3n) is 5.08. The fourth-order valence-corrected chi connectivity index (χ4v) is 3.10. The smallest absolute Gasteiger partial charge is 0.340 e. The van der Waals surface area contributed by atoms with Crippen molar-refractivity contribution >= 4 is 23.9 Å². The zero-order valence-electron chi connectivity index (χ0n) is 19.4. The van der Waals surface area contributed by atoms with Crippen molar-refractivity contribution in [3.63, 3.8) is 0 Å². The zero-order chi connectivity index (χ0) is 28.7. The molecule has 0 fully saturated rings. The van der Waals surface area contributed by atoms with E-state index in [9.17, 15) is 35.5 Å². The van der Waals surface area contributed by atoms with Crippen LogP contribution < -0.4 is 15.8 Å². The Kier molecular flexibility index (Phi) is 9.61. The second-order valence-electron chi connectivity index (χ2n) is 7.86. The normalized spacial score (nSPS) is 18.9. The van der Waals surface area contributed by atoms with Crippen molar-refractivity contribution < 1.29 is 54.9 Å². The number of nitrogens with one attached hydrogen (secondary N) is 1. The lowest BCUT2D eigenvalue weighted by atomic mass is 9.85. The van der Waals surface area contributed by atoms with E-state index in [2.05, 4.69) is 20.0 Å². The van der Waals surface area contributed by atoms with E-state index in [0.717, 1.165) is 43.5 Å². The Morgan fingerprint density at radius 2 is 1.97 bits per heavy atom. The van der Waals surface area contributed by atoms with E-state index >= 15 is 0 Å². The van der Waals surface area contributed by atoms with Gasteiger partial charge in [0, 0.05) is 11.3 Å². The summed E-state index contributed by atoms with van der Waals surface area (Å²) in [7, 11) is 0. The number of aliphatic imine (C=N–C) groups is 1. The Bertz CT molecular complexity index is 1170. The number of ether oxygens (including phenoxy) is 2. The lowest BCUT2D eigenvalue weighted by Crippen LogP contribution is -2.45. The average molecular weight is 554 g/mol. The molecule has 0 saturated carbocycles. The van der Waals surface area contributed by atoms with Gasteiger partial charge in [-0.1, -0.05) is 0 Å². The summed E-state index contributed by atoms with van der Waals surface area (Å²) in [4.78, 5) is 28.3. The molecule has 2 aromatic rings. The number of halogens is 7. The minimum atomic E-state index is -4.37. The zero-order valence-corrected chi connectivity index (χ0v) is 19.4. The fourth-order valence-electron chi connectivity index (χ4n) is 3.10. The minimum absolute atomic E-state index is 0.0823. The standard InChI is InChI=1S/C21H19F7N4O3.CH2O2/c1-19(21(27,28)10-34-8-16(29)32-19)13-6-11(2-4-14(13)22)31-17(33)15-5-3-12(7-30-15)35-9-20(25,26)18(23)24;2-1-3/h2-7,18H,8-10H2,1H3,(H2,29,32)(H,31,33);1H,(H,2,3). The van der Waals surface area contributed by atoms with Crippen molar-refractivity contribution in [2.75, 3.05) is 25.1 Å². The van der Waals surface area contributed by atoms with Crippen LogP contribution in [0.2, 0.25) is 0 Å². The van der Waals surface area contributed by atoms with Crippen LogP contribution in [-0.4, -0.2) is 66.4 Å². The number of benzene rings is 1. The third-order valence-corrected chi connectivity index (χ3v) is 5.08. The van der Waals surface area contributed by atoms with E-state index < -0.39 is 54.3 Å². The third kappa shape index (κ3) is 7.08. The highest BCUT2D eigenvalue weighted by atomic mass is 19.3. The number of nitrogens with zero attached hydrogens (tertiary/aromatic N) is 2. The first-order valence-electron chi connectivity index (χ1n) is 10.4. The van der Waals surface area contributed by atoms with Crippen molar-refractivity contribution in [2.24, 2.45) is 10.7 Å². The van der Waals surface area contributed by atoms with Gasteiger partial charge < -0.3 is 25.6 Å². The summed E-state index contributed by atoms with van der Waals surface area (Å²) in [5, 5.41) is 9.23. The molecule has 4 N–H and O–H groups in total. The lowest BCUT2D eigenvalue weighted by molar-refractivity contribution is -0.148. The first-order valence-corrected chi connectivity index (χ1v) is 10.4. The first-order chi connectivity index (χ1) is 17.7. The number of amides is 1. The molecular formula is C22H21F7N4O5. The van der Waals surface area contributed by atoms with Crippen LogP contribution in [0.5, 0.6) is 5.75 Å². The second kappa shape index (κ2) is 12.1. The van der Waals surface area contributed by atoms with Crippen LogP contribution in [0.3, 0.4) is 0 Å². The van der Waals surface area contributed by atoms with Gasteiger partial charge in [0.15, 0.2) is 12.1 Å². The van der Waals surface area contributed by atoms with Crippen molar-refractivity contribution in [2.45, 2.75) is 30.7 Å². The van der Waals surface area contributed by atoms with Crippen LogP contribution in [0.1, 0.15) is 23.0 Å². The number of carbonyl (C=O) groups is 2. The fraction of sp³-hybridized carbons (Fsp3) is 0.364. The van der Waals surface area contributed by atoms with Crippen LogP contribution in [-0.2, 0) is 15.1 Å². The van der Waals surface area contributed by atoms with Gasteiger partial charge >= 0.3 is 12.3 Å². The number of alkyl halides is 6. The van der Waals surface area contributed by atoms with Crippen LogP contribution in [0.25, 0.3) is 0 Å². The van der Waals surface area contributed by atoms with E-state index in [0.29, 0.717) is 0 Å². The summed E-state index contributed by atoms with van der Waals surface area (Å²) in [6.45, 7) is -2.30. The van der Waals surface area contributed by atoms with Gasteiger partial charge in [0.2, 0.25) is 0 Å². The molecule has 2 heterocycles. The van der Waals surface area contributed by atoms with Crippen LogP contribution in [0.15, 0.2) is 41.5 Å². The van der Waals surface area contributed by atoms with Gasteiger partial charge in [-0.25, -0.2) is 26.9 Å². The van der Waals surface area contributed by atoms with Crippen molar-refractivity contribution in [1.29, 1.82) is 0 Å². The van der Waals surface area contributed by atoms with Gasteiger partial charge in [-0.15, -0.1) is 0 Å². The Labute approximate surface area is 210 Å². The van der Waals surface area contributed by atoms with Crippen molar-refractivity contribution in [3.8, 4) is 5.75 Å². The summed E-state index contributed by atoms with van der Waals surface area (Å²) >= 11 is 0. The maximum atomic E-state index is 14.8. The maximum absolute atomic E-state index is 14.8. The maximum Gasteiger partial charge on any atom is 0.340 e. The predicted molar refractivity (Wildman–Crippen MR) is 118 cm³/mol. The quantitative estimate of drug-likeness (QED) is 0.351. The minimum Gasteiger partial charge on any atom is -0.485 e. The van der Waals surface area contributed by atoms with Gasteiger partial charge in [0.05, 0.1) is 6.20 Å². The topological polar surface area (TPSA) is 136 Å². The molecule has 0 spiro atoms. The molecule has 1 amide bonds. The lowest BCUT2D eigenvalue weighted by Gasteiger charge is -2.33. The Morgan fingerprint density at radius 1 is 1.32 bits per heavy atom. The Hall–Kier alpha value is -3.95. The van der Waals surface area contributed by atoms with Crippen LogP contribution in [0, 0.1) is 5.82 Å². The number of anilines is 1. The van der Waals surface area contributed by atoms with Crippen LogP contribution >= 0.6 is 0 Å². The summed E-state index contributed by atoms with van der Waals surface area (Å²) in [6, 6.07) is 5.04. The number of amidine groups is 1. The van der Waals surface area contributed by atoms with Crippen molar-refractivity contribution in [3.05, 3.63) is 53.6 Å². The van der Waals surface area contributed by atoms with Gasteiger partial charge in [0.1, 0.15) is 36.3 Å². The molecule has 9 nitrogen and oxygen atoms in total. The molecule has 1 aromatic heterocycles. The monoisotopic (exact) mass is 554 g/mol. The van der Waals surface area contributed by atoms with E-state index in [-0.39, 0.29) is 36.0 Å². The van der Waals surface area contributed by atoms with Gasteiger partial charge in [-0.2, -0.15) is 8.78 Å². The number of pyridine rings is 1. The number of carbonyl (C=O) groups excluding carboxylic acids is 1. The summed E-state index contributed by atoms with van der Waals surface area (Å²) in [5.74, 6) is -10.5. The molecule has 0 aliphatic carbocycles. The molecular weight excluding hydrogens is 533 g/mol. The molecule has 0 radical (unpaired) electrons. The molecule has 1 aliphatic heterocycles. The number of nitrogens with two attached hydrogens (primary N) is 1. The van der Waals surface area contributed by atoms with E-state index in [4.69, 9.17) is 20.4 Å². The Balaban J connectivity index is 0.00000161. The molecule has 1 atom stereocenters. The summed E-state index contributed by atoms with van der Waals surface area (Å²) in [5.41, 5.74) is 2.26. The highest BCUT2D eigenvalue weighted by molar-refractivity contribution is 6.02. The highest BCUT2D eigenvalue weighted by Crippen LogP contribution is 2.44. The molecule has 3 rings (SSSR count). The average Bonchev–Trinajstić information content (AvgIpc) is 2.94. The molecule has 1 unspecified atom stereocenters. The van der Waals surface area contributed by atoms with Gasteiger partial charge in [-0.3, -0.25) is 14.6 Å². The molecule has 1 aromatic carbocycles. The Morgan fingerprint density at radius 3 is 2.55 bits per heavy atom. The number of hydrogen-bond acceptors (Lipinski definition) is 7. The van der Waals surface area contributed by atoms with Crippen LogP contribution in [0.4, 0.5) is 36.4 Å². The van der Waals surface area contributed by atoms with E-state index in [1.807, 2.05) is 0 Å². The second-order valence-corrected chi connectivity index (χ2v) is 7.86. The molecule has 0 saturated heterocycles. The summed E-state index contributed by atoms with van der Waals surface area (Å²) < 4.78 is 104. The number of aromatic nitrogens is 1. The number of carboxylic acid groups (broad SMARTS) is 1. The van der Waals surface area contributed by atoms with Crippen molar-refractivity contribution in [1.82, 2.24) is 4.98 Å². The first kappa shape index (κ1) is 30.3. The van der Waals surface area contributed by atoms with E-state index in [1.165, 1.54) is 0 Å². The molecule has 208 valence electrons. The van der Waals surface area contributed by atoms with Gasteiger partial charge in [-0.05, 0) is 37.3 Å². The molecule has 1 aliphatic rings. The molecule has 16 heteroatoms. The van der Waals surface area contributed by atoms with E-state index in [1.54, 1.807) is 0 Å². The SMILES string of the molecule is CC1(c2cc(NC(=O)c3ccc(OCC(F)(F)C(F)F)cn3)ccc2F)N=C(N)COCC1(F)F.O=CO.